The summed E-state index contributed by atoms with van der Waals surface area (Å²) in [5, 5.41) is 6.58. The van der Waals surface area contributed by atoms with Crippen LogP contribution in [-0.4, -0.2) is 23.6 Å². The number of nitrogens with zero attached hydrogens (tertiary/aromatic N) is 2. The normalized spacial score (nSPS) is 11.3. The van der Waals surface area contributed by atoms with Gasteiger partial charge in [0.15, 0.2) is 5.96 Å². The van der Waals surface area contributed by atoms with Gasteiger partial charge in [0.1, 0.15) is 6.26 Å². The Labute approximate surface area is 201 Å². The number of aromatic nitrogens is 1. The number of hydrogen-bond acceptors (Lipinski definition) is 4. The van der Waals surface area contributed by atoms with E-state index < -0.39 is 0 Å². The average Bonchev–Trinajstić information content (AvgIpc) is 3.25. The predicted molar refractivity (Wildman–Crippen MR) is 135 cm³/mol. The molecule has 0 aliphatic carbocycles. The molecule has 7 heteroatoms. The highest BCUT2D eigenvalue weighted by atomic mass is 127. The van der Waals surface area contributed by atoms with Crippen LogP contribution < -0.4 is 10.6 Å². The zero-order chi connectivity index (χ0) is 21.2. The van der Waals surface area contributed by atoms with Gasteiger partial charge in [-0.25, -0.2) is 9.98 Å². The third kappa shape index (κ3) is 8.34. The van der Waals surface area contributed by atoms with Gasteiger partial charge in [-0.3, -0.25) is 0 Å². The second-order valence-electron chi connectivity index (χ2n) is 7.23. The molecular formula is C24H31IN4O2. The number of oxazole rings is 1. The summed E-state index contributed by atoms with van der Waals surface area (Å²) in [4.78, 5) is 9.22. The van der Waals surface area contributed by atoms with Crippen LogP contribution in [0.5, 0.6) is 0 Å². The van der Waals surface area contributed by atoms with Crippen molar-refractivity contribution < 1.29 is 9.15 Å². The molecule has 6 nitrogen and oxygen atoms in total. The molecule has 0 saturated carbocycles. The third-order valence-electron chi connectivity index (χ3n) is 4.38. The van der Waals surface area contributed by atoms with Crippen molar-refractivity contribution in [1.82, 2.24) is 15.6 Å². The standard InChI is InChI=1S/C24H30N4O2.HI/c1-4-25-24(26-14-19-10-12-20(13-11-19)16-29-18(2)3)27-15-22-17-30-23(28-22)21-8-6-5-7-9-21;/h5-13,17-18H,4,14-16H2,1-3H3,(H2,25,26,27);1H. The molecule has 0 bridgehead atoms. The summed E-state index contributed by atoms with van der Waals surface area (Å²) < 4.78 is 11.2. The maximum Gasteiger partial charge on any atom is 0.226 e. The predicted octanol–water partition coefficient (Wildman–Crippen LogP) is 5.14. The van der Waals surface area contributed by atoms with E-state index in [-0.39, 0.29) is 30.1 Å². The molecule has 2 N–H and O–H groups in total. The number of guanidine groups is 1. The maximum atomic E-state index is 5.64. The molecule has 3 aromatic rings. The molecule has 2 aromatic carbocycles. The highest BCUT2D eigenvalue weighted by Crippen LogP contribution is 2.17. The first kappa shape index (κ1) is 24.9. The van der Waals surface area contributed by atoms with Crippen molar-refractivity contribution in [3.8, 4) is 11.5 Å². The van der Waals surface area contributed by atoms with Crippen molar-refractivity contribution in [1.29, 1.82) is 0 Å². The van der Waals surface area contributed by atoms with Crippen LogP contribution in [-0.2, 0) is 24.4 Å². The Bertz CT molecular complexity index is 924. The fourth-order valence-corrected chi connectivity index (χ4v) is 2.79. The largest absolute Gasteiger partial charge is 0.444 e. The van der Waals surface area contributed by atoms with Gasteiger partial charge in [0, 0.05) is 12.1 Å². The molecule has 0 fully saturated rings. The SMILES string of the molecule is CCNC(=NCc1ccc(COC(C)C)cc1)NCc1coc(-c2ccccc2)n1.I. The van der Waals surface area contributed by atoms with Crippen LogP contribution >= 0.6 is 24.0 Å². The number of nitrogens with one attached hydrogen (secondary N) is 2. The molecule has 1 aromatic heterocycles. The molecule has 0 unspecified atom stereocenters. The Morgan fingerprint density at radius 2 is 1.74 bits per heavy atom. The van der Waals surface area contributed by atoms with E-state index in [4.69, 9.17) is 9.15 Å². The summed E-state index contributed by atoms with van der Waals surface area (Å²) >= 11 is 0. The second kappa shape index (κ2) is 13.1. The van der Waals surface area contributed by atoms with E-state index in [0.29, 0.717) is 25.6 Å². The van der Waals surface area contributed by atoms with Gasteiger partial charge >= 0.3 is 0 Å². The van der Waals surface area contributed by atoms with Crippen LogP contribution in [0.4, 0.5) is 0 Å². The number of halogens is 1. The Kier molecular flexibility index (Phi) is 10.5. The summed E-state index contributed by atoms with van der Waals surface area (Å²) in [6.45, 7) is 8.67. The van der Waals surface area contributed by atoms with E-state index in [1.54, 1.807) is 6.26 Å². The molecule has 31 heavy (non-hydrogen) atoms. The summed E-state index contributed by atoms with van der Waals surface area (Å²) in [6, 6.07) is 18.2. The molecule has 3 rings (SSSR count). The van der Waals surface area contributed by atoms with E-state index in [2.05, 4.69) is 44.9 Å². The Balaban J connectivity index is 0.00000341. The quantitative estimate of drug-likeness (QED) is 0.226. The van der Waals surface area contributed by atoms with E-state index in [1.165, 1.54) is 5.56 Å². The van der Waals surface area contributed by atoms with Crippen LogP contribution in [0.3, 0.4) is 0 Å². The molecule has 0 atom stereocenters. The lowest BCUT2D eigenvalue weighted by Gasteiger charge is -2.10. The topological polar surface area (TPSA) is 71.7 Å². The number of rotatable bonds is 9. The first-order chi connectivity index (χ1) is 14.6. The van der Waals surface area contributed by atoms with Crippen molar-refractivity contribution in [2.45, 2.75) is 46.6 Å². The molecule has 0 amide bonds. The van der Waals surface area contributed by atoms with Crippen molar-refractivity contribution in [3.63, 3.8) is 0 Å². The Hall–Kier alpha value is -2.39. The van der Waals surface area contributed by atoms with Crippen molar-refractivity contribution in [3.05, 3.63) is 77.7 Å². The monoisotopic (exact) mass is 534 g/mol. The van der Waals surface area contributed by atoms with E-state index in [0.717, 1.165) is 29.3 Å². The summed E-state index contributed by atoms with van der Waals surface area (Å²) in [5.41, 5.74) is 4.11. The van der Waals surface area contributed by atoms with Gasteiger partial charge in [0.2, 0.25) is 5.89 Å². The highest BCUT2D eigenvalue weighted by molar-refractivity contribution is 14.0. The zero-order valence-electron chi connectivity index (χ0n) is 18.3. The lowest BCUT2D eigenvalue weighted by Crippen LogP contribution is -2.36. The summed E-state index contributed by atoms with van der Waals surface area (Å²) in [7, 11) is 0. The lowest BCUT2D eigenvalue weighted by atomic mass is 10.1. The molecule has 0 radical (unpaired) electrons. The molecule has 0 aliphatic heterocycles. The smallest absolute Gasteiger partial charge is 0.226 e. The van der Waals surface area contributed by atoms with E-state index in [9.17, 15) is 0 Å². The fraction of sp³-hybridized carbons (Fsp3) is 0.333. The second-order valence-corrected chi connectivity index (χ2v) is 7.23. The third-order valence-corrected chi connectivity index (χ3v) is 4.38. The minimum atomic E-state index is 0. The number of aliphatic imine (C=N–C) groups is 1. The van der Waals surface area contributed by atoms with Gasteiger partial charge < -0.3 is 19.8 Å². The number of hydrogen-bond donors (Lipinski definition) is 2. The van der Waals surface area contributed by atoms with Gasteiger partial charge in [-0.15, -0.1) is 24.0 Å². The lowest BCUT2D eigenvalue weighted by molar-refractivity contribution is 0.0657. The molecular weight excluding hydrogens is 503 g/mol. The van der Waals surface area contributed by atoms with Crippen molar-refractivity contribution >= 4 is 29.9 Å². The minimum absolute atomic E-state index is 0. The summed E-state index contributed by atoms with van der Waals surface area (Å²) in [5.74, 6) is 1.37. The van der Waals surface area contributed by atoms with E-state index in [1.807, 2.05) is 51.1 Å². The van der Waals surface area contributed by atoms with Crippen molar-refractivity contribution in [2.75, 3.05) is 6.54 Å². The van der Waals surface area contributed by atoms with Gasteiger partial charge in [-0.1, -0.05) is 42.5 Å². The van der Waals surface area contributed by atoms with Gasteiger partial charge in [-0.05, 0) is 44.0 Å². The highest BCUT2D eigenvalue weighted by Gasteiger charge is 2.07. The minimum Gasteiger partial charge on any atom is -0.444 e. The molecule has 0 spiro atoms. The number of benzene rings is 2. The first-order valence-corrected chi connectivity index (χ1v) is 10.4. The summed E-state index contributed by atoms with van der Waals surface area (Å²) in [6.07, 6.45) is 1.91. The van der Waals surface area contributed by atoms with Gasteiger partial charge in [-0.2, -0.15) is 0 Å². The molecule has 1 heterocycles. The Morgan fingerprint density at radius 1 is 1.03 bits per heavy atom. The van der Waals surface area contributed by atoms with Crippen LogP contribution in [0.1, 0.15) is 37.6 Å². The number of ether oxygens (including phenoxy) is 1. The van der Waals surface area contributed by atoms with E-state index >= 15 is 0 Å². The maximum absolute atomic E-state index is 5.64. The zero-order valence-corrected chi connectivity index (χ0v) is 20.6. The van der Waals surface area contributed by atoms with Crippen LogP contribution in [0.15, 0.2) is 70.3 Å². The van der Waals surface area contributed by atoms with Gasteiger partial charge in [0.25, 0.3) is 0 Å². The first-order valence-electron chi connectivity index (χ1n) is 10.4. The molecule has 0 saturated heterocycles. The van der Waals surface area contributed by atoms with Crippen LogP contribution in [0, 0.1) is 0 Å². The van der Waals surface area contributed by atoms with Crippen molar-refractivity contribution in [2.24, 2.45) is 4.99 Å². The Morgan fingerprint density at radius 3 is 2.42 bits per heavy atom. The molecule has 166 valence electrons. The molecule has 0 aliphatic rings. The average molecular weight is 534 g/mol. The fourth-order valence-electron chi connectivity index (χ4n) is 2.79. The van der Waals surface area contributed by atoms with Crippen LogP contribution in [0.2, 0.25) is 0 Å². The van der Waals surface area contributed by atoms with Gasteiger partial charge in [0.05, 0.1) is 31.5 Å². The van der Waals surface area contributed by atoms with Crippen LogP contribution in [0.25, 0.3) is 11.5 Å².